The summed E-state index contributed by atoms with van der Waals surface area (Å²) >= 11 is 0. The molecule has 6 heteroatoms. The highest BCUT2D eigenvalue weighted by Crippen LogP contribution is 2.16. The molecule has 0 amide bonds. The van der Waals surface area contributed by atoms with Crippen LogP contribution >= 0.6 is 0 Å². The van der Waals surface area contributed by atoms with Crippen LogP contribution in [0.25, 0.3) is 0 Å². The van der Waals surface area contributed by atoms with Gasteiger partial charge < -0.3 is 14.2 Å². The van der Waals surface area contributed by atoms with E-state index < -0.39 is 6.10 Å². The Morgan fingerprint density at radius 3 is 0.968 bits per heavy atom. The lowest BCUT2D eigenvalue weighted by Crippen LogP contribution is -2.30. The monoisotopic (exact) mass is 881 g/mol. The van der Waals surface area contributed by atoms with E-state index in [1.807, 2.05) is 0 Å². The molecular formula is C57H100O6. The Kier molecular flexibility index (Phi) is 49.4. The van der Waals surface area contributed by atoms with Gasteiger partial charge in [-0.25, -0.2) is 0 Å². The highest BCUT2D eigenvalue weighted by molar-refractivity contribution is 5.71. The van der Waals surface area contributed by atoms with Crippen molar-refractivity contribution in [2.24, 2.45) is 0 Å². The summed E-state index contributed by atoms with van der Waals surface area (Å²) in [4.78, 5) is 38.0. The van der Waals surface area contributed by atoms with E-state index in [2.05, 4.69) is 81.5 Å². The Balaban J connectivity index is 4.34. The minimum atomic E-state index is -0.779. The van der Waals surface area contributed by atoms with Gasteiger partial charge in [-0.3, -0.25) is 14.4 Å². The van der Waals surface area contributed by atoms with Crippen LogP contribution in [0.15, 0.2) is 60.8 Å². The number of ether oxygens (including phenoxy) is 3. The van der Waals surface area contributed by atoms with E-state index >= 15 is 0 Å². The Morgan fingerprint density at radius 1 is 0.333 bits per heavy atom. The van der Waals surface area contributed by atoms with Crippen molar-refractivity contribution in [3.05, 3.63) is 60.8 Å². The average Bonchev–Trinajstić information content (AvgIpc) is 3.28. The van der Waals surface area contributed by atoms with Crippen LogP contribution in [0, 0.1) is 0 Å². The molecule has 1 unspecified atom stereocenters. The summed E-state index contributed by atoms with van der Waals surface area (Å²) in [5.74, 6) is -0.892. The van der Waals surface area contributed by atoms with Crippen LogP contribution < -0.4 is 0 Å². The molecule has 0 rings (SSSR count). The largest absolute Gasteiger partial charge is 0.462 e. The van der Waals surface area contributed by atoms with Crippen molar-refractivity contribution >= 4 is 17.9 Å². The molecule has 0 spiro atoms. The number of carbonyl (C=O) groups excluding carboxylic acids is 3. The fraction of sp³-hybridized carbons (Fsp3) is 0.772. The third kappa shape index (κ3) is 50.0. The van der Waals surface area contributed by atoms with Gasteiger partial charge in [0.25, 0.3) is 0 Å². The summed E-state index contributed by atoms with van der Waals surface area (Å²) in [5.41, 5.74) is 0. The summed E-state index contributed by atoms with van der Waals surface area (Å²) in [6.07, 6.45) is 63.5. The van der Waals surface area contributed by atoms with Gasteiger partial charge in [0.15, 0.2) is 6.10 Å². The maximum atomic E-state index is 12.8. The van der Waals surface area contributed by atoms with E-state index in [0.717, 1.165) is 103 Å². The Labute approximate surface area is 390 Å². The number of esters is 3. The highest BCUT2D eigenvalue weighted by atomic mass is 16.6. The van der Waals surface area contributed by atoms with Gasteiger partial charge in [0, 0.05) is 19.3 Å². The van der Waals surface area contributed by atoms with Gasteiger partial charge in [-0.1, -0.05) is 229 Å². The predicted octanol–water partition coefficient (Wildman–Crippen LogP) is 17.6. The molecule has 0 aliphatic heterocycles. The minimum absolute atomic E-state index is 0.0797. The van der Waals surface area contributed by atoms with Gasteiger partial charge in [-0.2, -0.15) is 0 Å². The van der Waals surface area contributed by atoms with Crippen molar-refractivity contribution in [2.45, 2.75) is 271 Å². The SMILES string of the molecule is CC/C=C\C/C=C\C/C=C\CCCCCCCCCCCC(=O)OCC(COC(=O)CCCCCCC/C=C\C/C=C\CC)OC(=O)CCCCCCCCCCCCCCCC. The zero-order valence-corrected chi connectivity index (χ0v) is 41.6. The Bertz CT molecular complexity index is 1150. The van der Waals surface area contributed by atoms with E-state index in [1.54, 1.807) is 0 Å². The molecule has 0 aromatic carbocycles. The summed E-state index contributed by atoms with van der Waals surface area (Å²) in [7, 11) is 0. The second kappa shape index (κ2) is 51.7. The van der Waals surface area contributed by atoms with Crippen LogP contribution in [0.3, 0.4) is 0 Å². The quantitative estimate of drug-likeness (QED) is 0.0262. The average molecular weight is 881 g/mol. The van der Waals surface area contributed by atoms with Crippen molar-refractivity contribution in [1.29, 1.82) is 0 Å². The normalized spacial score (nSPS) is 12.5. The van der Waals surface area contributed by atoms with E-state index in [0.29, 0.717) is 19.3 Å². The third-order valence-corrected chi connectivity index (χ3v) is 11.5. The van der Waals surface area contributed by atoms with Gasteiger partial charge in [-0.15, -0.1) is 0 Å². The molecule has 1 atom stereocenters. The Hall–Kier alpha value is -2.89. The van der Waals surface area contributed by atoms with Crippen LogP contribution in [0.1, 0.15) is 265 Å². The number of hydrogen-bond donors (Lipinski definition) is 0. The minimum Gasteiger partial charge on any atom is -0.462 e. The maximum absolute atomic E-state index is 12.8. The molecule has 0 aromatic rings. The first kappa shape index (κ1) is 60.1. The molecule has 0 aromatic heterocycles. The number of unbranched alkanes of at least 4 members (excludes halogenated alkanes) is 27. The van der Waals surface area contributed by atoms with Crippen molar-refractivity contribution in [2.75, 3.05) is 13.2 Å². The maximum Gasteiger partial charge on any atom is 0.306 e. The summed E-state index contributed by atoms with van der Waals surface area (Å²) in [6, 6.07) is 0. The standard InChI is InChI=1S/C57H100O6/c1-4-7-10-13-16-19-22-25-27-28-29-30-31-33-35-38-41-44-47-50-56(59)62-53-54(52-61-55(58)49-46-43-40-37-34-24-21-18-15-12-9-6-3)63-57(60)51-48-45-42-39-36-32-26-23-20-17-14-11-8-5-2/h7,9-10,12,16,18-19,21,25,27,54H,4-6,8,11,13-15,17,20,22-24,26,28-53H2,1-3H3/b10-7-,12-9-,19-16-,21-18-,27-25-. The Morgan fingerprint density at radius 2 is 0.619 bits per heavy atom. The number of rotatable bonds is 48. The van der Waals surface area contributed by atoms with Crippen LogP contribution in [-0.2, 0) is 28.6 Å². The molecule has 0 bridgehead atoms. The second-order valence-corrected chi connectivity index (χ2v) is 17.7. The number of carbonyl (C=O) groups is 3. The summed E-state index contributed by atoms with van der Waals surface area (Å²) in [5, 5.41) is 0. The zero-order chi connectivity index (χ0) is 45.8. The molecule has 6 nitrogen and oxygen atoms in total. The number of allylic oxidation sites excluding steroid dienone is 10. The fourth-order valence-corrected chi connectivity index (χ4v) is 7.55. The first-order valence-corrected chi connectivity index (χ1v) is 26.8. The molecule has 63 heavy (non-hydrogen) atoms. The molecule has 0 fully saturated rings. The molecular weight excluding hydrogens is 781 g/mol. The molecule has 0 aliphatic rings. The molecule has 0 aliphatic carbocycles. The smallest absolute Gasteiger partial charge is 0.306 e. The molecule has 0 heterocycles. The van der Waals surface area contributed by atoms with Gasteiger partial charge in [0.1, 0.15) is 13.2 Å². The third-order valence-electron chi connectivity index (χ3n) is 11.5. The van der Waals surface area contributed by atoms with Crippen molar-refractivity contribution < 1.29 is 28.6 Å². The van der Waals surface area contributed by atoms with E-state index in [9.17, 15) is 14.4 Å². The lowest BCUT2D eigenvalue weighted by atomic mass is 10.0. The number of hydrogen-bond acceptors (Lipinski definition) is 6. The molecule has 0 saturated carbocycles. The van der Waals surface area contributed by atoms with Crippen molar-refractivity contribution in [1.82, 2.24) is 0 Å². The van der Waals surface area contributed by atoms with Gasteiger partial charge in [0.2, 0.25) is 0 Å². The highest BCUT2D eigenvalue weighted by Gasteiger charge is 2.19. The molecule has 0 radical (unpaired) electrons. The van der Waals surface area contributed by atoms with Gasteiger partial charge in [-0.05, 0) is 77.0 Å². The van der Waals surface area contributed by atoms with E-state index in [-0.39, 0.29) is 31.1 Å². The van der Waals surface area contributed by atoms with Crippen LogP contribution in [0.5, 0.6) is 0 Å². The van der Waals surface area contributed by atoms with Crippen LogP contribution in [0.2, 0.25) is 0 Å². The van der Waals surface area contributed by atoms with Crippen LogP contribution in [0.4, 0.5) is 0 Å². The van der Waals surface area contributed by atoms with Crippen molar-refractivity contribution in [3.63, 3.8) is 0 Å². The molecule has 0 N–H and O–H groups in total. The van der Waals surface area contributed by atoms with Gasteiger partial charge >= 0.3 is 17.9 Å². The predicted molar refractivity (Wildman–Crippen MR) is 270 cm³/mol. The first-order chi connectivity index (χ1) is 31.0. The lowest BCUT2D eigenvalue weighted by molar-refractivity contribution is -0.167. The van der Waals surface area contributed by atoms with Crippen molar-refractivity contribution in [3.8, 4) is 0 Å². The second-order valence-electron chi connectivity index (χ2n) is 17.7. The first-order valence-electron chi connectivity index (χ1n) is 26.8. The van der Waals surface area contributed by atoms with E-state index in [1.165, 1.54) is 122 Å². The zero-order valence-electron chi connectivity index (χ0n) is 41.6. The van der Waals surface area contributed by atoms with E-state index in [4.69, 9.17) is 14.2 Å². The summed E-state index contributed by atoms with van der Waals surface area (Å²) in [6.45, 7) is 6.42. The molecule has 364 valence electrons. The topological polar surface area (TPSA) is 78.9 Å². The lowest BCUT2D eigenvalue weighted by Gasteiger charge is -2.18. The fourth-order valence-electron chi connectivity index (χ4n) is 7.55. The molecule has 0 saturated heterocycles. The van der Waals surface area contributed by atoms with Crippen LogP contribution in [-0.4, -0.2) is 37.2 Å². The van der Waals surface area contributed by atoms with Gasteiger partial charge in [0.05, 0.1) is 0 Å². The summed E-state index contributed by atoms with van der Waals surface area (Å²) < 4.78 is 16.8.